The zero-order valence-electron chi connectivity index (χ0n) is 13.0. The van der Waals surface area contributed by atoms with Crippen molar-refractivity contribution in [1.82, 2.24) is 9.88 Å². The lowest BCUT2D eigenvalue weighted by Crippen LogP contribution is -2.33. The van der Waals surface area contributed by atoms with Crippen molar-refractivity contribution in [3.8, 4) is 0 Å². The quantitative estimate of drug-likeness (QED) is 0.786. The fraction of sp³-hybridized carbons (Fsp3) is 0.412. The van der Waals surface area contributed by atoms with Crippen molar-refractivity contribution in [2.24, 2.45) is 5.92 Å². The monoisotopic (exact) mass is 378 g/mol. The van der Waals surface area contributed by atoms with E-state index in [1.807, 2.05) is 35.8 Å². The van der Waals surface area contributed by atoms with Gasteiger partial charge in [0.15, 0.2) is 0 Å². The maximum Gasteiger partial charge on any atom is 0.325 e. The minimum atomic E-state index is -0.375. The Morgan fingerprint density at radius 2 is 2.09 bits per heavy atom. The number of rotatable bonds is 6. The van der Waals surface area contributed by atoms with Crippen LogP contribution in [0.5, 0.6) is 0 Å². The number of carbonyl (C=O) groups is 2. The molecule has 1 aliphatic carbocycles. The van der Waals surface area contributed by atoms with Gasteiger partial charge in [0.05, 0.1) is 6.61 Å². The average Bonchev–Trinajstić information content (AvgIpc) is 3.35. The smallest absolute Gasteiger partial charge is 0.325 e. The van der Waals surface area contributed by atoms with Crippen LogP contribution in [0.25, 0.3) is 10.9 Å². The van der Waals surface area contributed by atoms with Crippen LogP contribution in [-0.4, -0.2) is 29.6 Å². The first-order valence-corrected chi connectivity index (χ1v) is 8.51. The topological polar surface area (TPSA) is 60.3 Å². The maximum atomic E-state index is 12.1. The summed E-state index contributed by atoms with van der Waals surface area (Å²) in [5.74, 6) is -0.0499. The number of carbonyl (C=O) groups excluding carboxylic acids is 2. The van der Waals surface area contributed by atoms with E-state index in [-0.39, 0.29) is 25.0 Å². The number of nitrogens with one attached hydrogen (secondary N) is 1. The van der Waals surface area contributed by atoms with Crippen molar-refractivity contribution in [3.05, 3.63) is 34.4 Å². The molecule has 0 aliphatic heterocycles. The van der Waals surface area contributed by atoms with Crippen LogP contribution in [0.15, 0.2) is 28.7 Å². The normalized spacial score (nSPS) is 14.0. The number of esters is 1. The molecule has 0 atom stereocenters. The van der Waals surface area contributed by atoms with E-state index in [9.17, 15) is 9.59 Å². The number of hydrogen-bond acceptors (Lipinski definition) is 3. The largest absolute Gasteiger partial charge is 0.464 e. The third kappa shape index (κ3) is 3.75. The molecule has 23 heavy (non-hydrogen) atoms. The van der Waals surface area contributed by atoms with Gasteiger partial charge in [0, 0.05) is 21.1 Å². The molecule has 0 radical (unpaired) electrons. The van der Waals surface area contributed by atoms with Gasteiger partial charge in [0.25, 0.3) is 0 Å². The van der Waals surface area contributed by atoms with E-state index < -0.39 is 0 Å². The van der Waals surface area contributed by atoms with Gasteiger partial charge in [-0.2, -0.15) is 0 Å². The zero-order valence-corrected chi connectivity index (χ0v) is 14.6. The van der Waals surface area contributed by atoms with Crippen LogP contribution in [0.4, 0.5) is 0 Å². The first-order valence-electron chi connectivity index (χ1n) is 7.72. The Labute approximate surface area is 143 Å². The number of benzene rings is 1. The Bertz CT molecular complexity index is 750. The Morgan fingerprint density at radius 3 is 2.83 bits per heavy atom. The Kier molecular flexibility index (Phi) is 4.71. The molecule has 1 heterocycles. The first-order chi connectivity index (χ1) is 11.1. The van der Waals surface area contributed by atoms with Crippen molar-refractivity contribution >= 4 is 38.7 Å². The fourth-order valence-electron chi connectivity index (χ4n) is 2.51. The summed E-state index contributed by atoms with van der Waals surface area (Å²) in [6, 6.07) is 7.89. The number of amides is 1. The third-order valence-corrected chi connectivity index (χ3v) is 5.06. The van der Waals surface area contributed by atoms with E-state index >= 15 is 0 Å². The molecular formula is C17H19BrN2O3. The SMILES string of the molecule is Cc1c(Br)c2ccccc2n1CC(=O)NCC(=O)OCC1CC1. The summed E-state index contributed by atoms with van der Waals surface area (Å²) in [7, 11) is 0. The highest BCUT2D eigenvalue weighted by Gasteiger charge is 2.23. The second kappa shape index (κ2) is 6.74. The van der Waals surface area contributed by atoms with Gasteiger partial charge in [-0.25, -0.2) is 0 Å². The van der Waals surface area contributed by atoms with Gasteiger partial charge < -0.3 is 14.6 Å². The molecule has 1 amide bonds. The molecule has 0 bridgehead atoms. The lowest BCUT2D eigenvalue weighted by Gasteiger charge is -2.09. The predicted octanol–water partition coefficient (Wildman–Crippen LogP) is 2.78. The predicted molar refractivity (Wildman–Crippen MR) is 91.1 cm³/mol. The van der Waals surface area contributed by atoms with Crippen molar-refractivity contribution < 1.29 is 14.3 Å². The van der Waals surface area contributed by atoms with E-state index in [1.165, 1.54) is 0 Å². The molecule has 0 unspecified atom stereocenters. The molecular weight excluding hydrogens is 360 g/mol. The summed E-state index contributed by atoms with van der Waals surface area (Å²) < 4.78 is 8.02. The van der Waals surface area contributed by atoms with E-state index in [4.69, 9.17) is 4.74 Å². The molecule has 0 saturated heterocycles. The molecule has 3 rings (SSSR count). The van der Waals surface area contributed by atoms with Crippen LogP contribution >= 0.6 is 15.9 Å². The molecule has 1 aromatic carbocycles. The number of hydrogen-bond donors (Lipinski definition) is 1. The molecule has 2 aromatic rings. The highest BCUT2D eigenvalue weighted by molar-refractivity contribution is 9.10. The van der Waals surface area contributed by atoms with Gasteiger partial charge in [-0.15, -0.1) is 0 Å². The van der Waals surface area contributed by atoms with Crippen molar-refractivity contribution in [1.29, 1.82) is 0 Å². The molecule has 5 nitrogen and oxygen atoms in total. The van der Waals surface area contributed by atoms with Crippen LogP contribution in [0, 0.1) is 12.8 Å². The summed E-state index contributed by atoms with van der Waals surface area (Å²) in [5.41, 5.74) is 1.97. The van der Waals surface area contributed by atoms with Gasteiger partial charge in [-0.1, -0.05) is 18.2 Å². The number of halogens is 1. The van der Waals surface area contributed by atoms with Gasteiger partial charge in [-0.3, -0.25) is 9.59 Å². The third-order valence-electron chi connectivity index (χ3n) is 4.06. The molecule has 1 aromatic heterocycles. The van der Waals surface area contributed by atoms with Crippen molar-refractivity contribution in [2.75, 3.05) is 13.2 Å². The van der Waals surface area contributed by atoms with Crippen LogP contribution in [0.2, 0.25) is 0 Å². The Hall–Kier alpha value is -1.82. The summed E-state index contributed by atoms with van der Waals surface area (Å²) in [6.45, 7) is 2.53. The maximum absolute atomic E-state index is 12.1. The van der Waals surface area contributed by atoms with Crippen LogP contribution in [0.1, 0.15) is 18.5 Å². The summed E-state index contributed by atoms with van der Waals surface area (Å²) >= 11 is 3.57. The first kappa shape index (κ1) is 16.1. The number of aromatic nitrogens is 1. The van der Waals surface area contributed by atoms with Crippen LogP contribution < -0.4 is 5.32 Å². The average molecular weight is 379 g/mol. The molecule has 6 heteroatoms. The van der Waals surface area contributed by atoms with E-state index in [1.54, 1.807) is 0 Å². The van der Waals surface area contributed by atoms with Gasteiger partial charge >= 0.3 is 5.97 Å². The Balaban J connectivity index is 1.59. The minimum absolute atomic E-state index is 0.0784. The van der Waals surface area contributed by atoms with E-state index in [2.05, 4.69) is 21.2 Å². The number of fused-ring (bicyclic) bond motifs is 1. The van der Waals surface area contributed by atoms with Gasteiger partial charge in [-0.05, 0) is 47.7 Å². The minimum Gasteiger partial charge on any atom is -0.464 e. The molecule has 1 fully saturated rings. The van der Waals surface area contributed by atoms with Crippen LogP contribution in [-0.2, 0) is 20.9 Å². The lowest BCUT2D eigenvalue weighted by atomic mass is 10.2. The molecule has 1 saturated carbocycles. The van der Waals surface area contributed by atoms with Crippen molar-refractivity contribution in [3.63, 3.8) is 0 Å². The fourth-order valence-corrected chi connectivity index (χ4v) is 3.06. The van der Waals surface area contributed by atoms with E-state index in [0.717, 1.165) is 33.9 Å². The zero-order chi connectivity index (χ0) is 16.4. The molecule has 1 N–H and O–H groups in total. The second-order valence-corrected chi connectivity index (χ2v) is 6.70. The van der Waals surface area contributed by atoms with Crippen molar-refractivity contribution in [2.45, 2.75) is 26.3 Å². The van der Waals surface area contributed by atoms with Gasteiger partial charge in [0.1, 0.15) is 13.1 Å². The number of nitrogens with zero attached hydrogens (tertiary/aromatic N) is 1. The summed E-state index contributed by atoms with van der Waals surface area (Å²) in [4.78, 5) is 23.7. The standard InChI is InChI=1S/C17H19BrN2O3/c1-11-17(18)13-4-2-3-5-14(13)20(11)9-15(21)19-8-16(22)23-10-12-6-7-12/h2-5,12H,6-10H2,1H3,(H,19,21). The molecule has 1 aliphatic rings. The second-order valence-electron chi connectivity index (χ2n) is 5.91. The number of para-hydroxylation sites is 1. The highest BCUT2D eigenvalue weighted by atomic mass is 79.9. The van der Waals surface area contributed by atoms with Gasteiger partial charge in [0.2, 0.25) is 5.91 Å². The lowest BCUT2D eigenvalue weighted by molar-refractivity contribution is -0.144. The highest BCUT2D eigenvalue weighted by Crippen LogP contribution is 2.30. The Morgan fingerprint density at radius 1 is 1.35 bits per heavy atom. The van der Waals surface area contributed by atoms with E-state index in [0.29, 0.717) is 12.5 Å². The summed E-state index contributed by atoms with van der Waals surface area (Å²) in [5, 5.41) is 3.70. The molecule has 122 valence electrons. The summed E-state index contributed by atoms with van der Waals surface area (Å²) in [6.07, 6.45) is 2.27. The molecule has 0 spiro atoms. The van der Waals surface area contributed by atoms with Crippen LogP contribution in [0.3, 0.4) is 0 Å². The number of ether oxygens (including phenoxy) is 1.